The summed E-state index contributed by atoms with van der Waals surface area (Å²) in [5.74, 6) is 0. The Kier molecular flexibility index (Phi) is 0. The summed E-state index contributed by atoms with van der Waals surface area (Å²) in [5.41, 5.74) is 0. The minimum Gasteiger partial charge on any atom is -0.335 e. The first-order valence-corrected chi connectivity index (χ1v) is 1.15. The molecule has 0 aliphatic heterocycles. The fourth-order valence-electron chi connectivity index (χ4n) is 0. The summed E-state index contributed by atoms with van der Waals surface area (Å²) in [4.78, 5) is 0. The van der Waals surface area contributed by atoms with E-state index in [1.165, 1.54) is 0 Å². The van der Waals surface area contributed by atoms with E-state index in [1.54, 1.807) is 0 Å². The van der Waals surface area contributed by atoms with Crippen LogP contribution in [0.25, 0.3) is 0 Å². The maximum Gasteiger partial charge on any atom is 0 e. The zero-order chi connectivity index (χ0) is 2.71. The van der Waals surface area contributed by atoms with Crippen LogP contribution in [0.3, 0.4) is 0 Å². The van der Waals surface area contributed by atoms with Gasteiger partial charge < -0.3 is 6.42 Å². The zero-order valence-electron chi connectivity index (χ0n) is 3.99. The Morgan fingerprint density at radius 2 is 1.00 bits per heavy atom. The van der Waals surface area contributed by atoms with Crippen molar-refractivity contribution in [1.82, 2.24) is 0 Å². The minimum atomic E-state index is 0. The van der Waals surface area contributed by atoms with Crippen LogP contribution in [0.5, 0.6) is 0 Å². The largest absolute Gasteiger partial charge is 0.335 e. The second-order valence-electron chi connectivity index (χ2n) is 0.577. The molecule has 5 heavy (non-hydrogen) atoms. The van der Waals surface area contributed by atoms with Gasteiger partial charge in [0.15, 0.2) is 0 Å². The van der Waals surface area contributed by atoms with Crippen LogP contribution in [0.2, 0.25) is 0 Å². The predicted molar refractivity (Wildman–Crippen MR) is 15.6 cm³/mol. The second-order valence-corrected chi connectivity index (χ2v) is 0.577. The first kappa shape index (κ1) is 0. The summed E-state index contributed by atoms with van der Waals surface area (Å²) < 4.78 is 0. The summed E-state index contributed by atoms with van der Waals surface area (Å²) in [7, 11) is 0. The monoisotopic (exact) mass is 577 g/mol. The van der Waals surface area contributed by atoms with Gasteiger partial charge in [-0.1, -0.05) is 0 Å². The van der Waals surface area contributed by atoms with Crippen molar-refractivity contribution in [1.29, 1.82) is 0 Å². The molecule has 0 unspecified atom stereocenters. The van der Waals surface area contributed by atoms with E-state index >= 15 is 0 Å². The summed E-state index contributed by atoms with van der Waals surface area (Å²) in [6.07, 6.45) is 2.00. The topological polar surface area (TPSA) is 0 Å². The third kappa shape index (κ3) is 0. The summed E-state index contributed by atoms with van der Waals surface area (Å²) >= 11 is 0. The summed E-state index contributed by atoms with van der Waals surface area (Å²) in [6, 6.07) is 0. The summed E-state index contributed by atoms with van der Waals surface area (Å²) in [6.45, 7) is 4.00. The fourth-order valence-corrected chi connectivity index (χ4v) is 0. The van der Waals surface area contributed by atoms with Gasteiger partial charge in [0, 0.05) is 0 Å². The molecule has 0 saturated heterocycles. The number of hydrogen-bond acceptors (Lipinski definition) is 0. The molecule has 24 valence electrons. The van der Waals surface area contributed by atoms with Gasteiger partial charge in [-0.15, -0.1) is 0 Å². The van der Waals surface area contributed by atoms with Crippen LogP contribution < -0.4 is 0 Å². The van der Waals surface area contributed by atoms with Crippen molar-refractivity contribution in [3.8, 4) is 0 Å². The molecule has 0 amide bonds. The van der Waals surface area contributed by atoms with Crippen molar-refractivity contribution in [2.75, 3.05) is 0 Å². The normalized spacial score (nSPS) is 3.60. The number of rotatable bonds is 0. The molecule has 0 fully saturated rings. The molecular formula is C3H7Rf2-. The maximum absolute atomic E-state index is 2.00. The molecule has 0 atom stereocenters. The van der Waals surface area contributed by atoms with E-state index in [0.29, 0.717) is 0 Å². The summed E-state index contributed by atoms with van der Waals surface area (Å²) in [5, 5.41) is 0. The van der Waals surface area contributed by atoms with Crippen LogP contribution >= 0.6 is 0 Å². The Hall–Kier alpha value is -2.00. The molecule has 0 nitrogen and oxygen atoms in total. The average molecular weight is 577 g/mol. The number of hydrogen-bond donors (Lipinski definition) is 0. The molecular weight excluding hydrogens is 570 g/mol. The molecule has 0 aromatic carbocycles. The van der Waals surface area contributed by atoms with E-state index in [1.807, 2.05) is 20.3 Å². The van der Waals surface area contributed by atoms with E-state index in [4.69, 9.17) is 0 Å². The zero-order valence-corrected chi connectivity index (χ0v) is 16.8. The van der Waals surface area contributed by atoms with E-state index < -0.39 is 0 Å². The van der Waals surface area contributed by atoms with Gasteiger partial charge >= 0.3 is 0 Å². The molecule has 0 radical (unpaired) electrons. The van der Waals surface area contributed by atoms with Crippen LogP contribution in [-0.4, -0.2) is 0 Å². The van der Waals surface area contributed by atoms with Crippen molar-refractivity contribution in [2.24, 2.45) is 0 Å². The molecule has 0 bridgehead atoms. The van der Waals surface area contributed by atoms with E-state index in [2.05, 4.69) is 0 Å². The van der Waals surface area contributed by atoms with Crippen LogP contribution in [0.1, 0.15) is 13.8 Å². The van der Waals surface area contributed by atoms with Crippen LogP contribution in [0, 0.1) is 6.42 Å². The molecule has 0 N–H and O–H groups in total. The SMILES string of the molecule is C[CH-]C.[Rf].[Rf]. The third-order valence-electron chi connectivity index (χ3n) is 0. The van der Waals surface area contributed by atoms with Gasteiger partial charge in [-0.3, -0.25) is 0 Å². The third-order valence-corrected chi connectivity index (χ3v) is 0. The Morgan fingerprint density at radius 3 is 1.00 bits per heavy atom. The molecule has 0 aliphatic rings. The minimum absolute atomic E-state index is 0. The van der Waals surface area contributed by atoms with Gasteiger partial charge in [0.25, 0.3) is 0 Å². The molecule has 0 rings (SSSR count). The van der Waals surface area contributed by atoms with Crippen LogP contribution in [-0.2, 0) is 0 Å². The Morgan fingerprint density at radius 1 is 1.00 bits per heavy atom. The van der Waals surface area contributed by atoms with Crippen molar-refractivity contribution >= 4 is 0 Å². The van der Waals surface area contributed by atoms with E-state index in [0.717, 1.165) is 0 Å². The molecule has 0 aromatic rings. The van der Waals surface area contributed by atoms with Crippen molar-refractivity contribution in [3.05, 3.63) is 6.42 Å². The predicted octanol–water partition coefficient (Wildman–Crippen LogP) is 1.23. The van der Waals surface area contributed by atoms with Gasteiger partial charge in [-0.05, 0) is 0 Å². The van der Waals surface area contributed by atoms with Gasteiger partial charge in [0.1, 0.15) is 0 Å². The van der Waals surface area contributed by atoms with Crippen molar-refractivity contribution in [3.63, 3.8) is 0 Å². The molecule has 0 saturated carbocycles. The molecule has 0 aromatic heterocycles. The Bertz CT molecular complexity index is 4.85. The van der Waals surface area contributed by atoms with Gasteiger partial charge in [0.2, 0.25) is 0 Å². The molecule has 0 aliphatic carbocycles. The Labute approximate surface area is 21.5 Å². The van der Waals surface area contributed by atoms with Crippen LogP contribution in [0.15, 0.2) is 0 Å². The van der Waals surface area contributed by atoms with Gasteiger partial charge in [-0.2, -0.15) is 13.8 Å². The second kappa shape index (κ2) is 2.00. The van der Waals surface area contributed by atoms with E-state index in [-0.39, 0.29) is 0 Å². The molecule has 0 heterocycles. The quantitative estimate of drug-likeness (QED) is 0.381. The van der Waals surface area contributed by atoms with Crippen molar-refractivity contribution < 1.29 is 0 Å². The smallest absolute Gasteiger partial charge is 0 e. The van der Waals surface area contributed by atoms with Crippen molar-refractivity contribution in [2.45, 2.75) is 13.8 Å². The maximum atomic E-state index is 2.00. The average Bonchev–Trinajstić information content (AvgIpc) is 0.918. The fraction of sp³-hybridized carbons (Fsp3) is 0.667. The first-order chi connectivity index (χ1) is 1.41. The molecule has 2 heteroatoms. The Balaban J connectivity index is -0.0000000200. The van der Waals surface area contributed by atoms with Gasteiger partial charge in [0.05, 0.1) is 0 Å². The standard InChI is InChI=1S/C3H7.2Rf/c1-3-2;;/h3H,1-2H3;;/q-1;;. The van der Waals surface area contributed by atoms with Gasteiger partial charge in [-0.25, -0.2) is 0 Å². The first-order valence-electron chi connectivity index (χ1n) is 1.15. The molecule has 0 spiro atoms. The van der Waals surface area contributed by atoms with E-state index in [9.17, 15) is 0 Å². The van der Waals surface area contributed by atoms with Crippen LogP contribution in [0.4, 0.5) is 0 Å².